The maximum atomic E-state index is 10.8. The maximum Gasteiger partial charge on any atom is 0.142 e. The Balaban J connectivity index is 2.18. The summed E-state index contributed by atoms with van der Waals surface area (Å²) >= 11 is 0. The molecule has 1 saturated heterocycles. The fourth-order valence-corrected chi connectivity index (χ4v) is 3.38. The molecular formula is C19H30N2O2. The zero-order chi connectivity index (χ0) is 17.1. The van der Waals surface area contributed by atoms with Crippen LogP contribution in [0.15, 0.2) is 35.5 Å². The molecule has 0 aromatic heterocycles. The first-order valence-corrected chi connectivity index (χ1v) is 8.59. The van der Waals surface area contributed by atoms with Crippen molar-refractivity contribution in [3.05, 3.63) is 35.9 Å². The summed E-state index contributed by atoms with van der Waals surface area (Å²) in [5.74, 6) is 0.146. The molecule has 1 fully saturated rings. The molecule has 2 rings (SSSR count). The van der Waals surface area contributed by atoms with Crippen LogP contribution in [0.2, 0.25) is 0 Å². The standard InChI is InChI=1S/C19H30N2O2/c1-6-18(4)13-17(15(3)19(5,7-2)21(18)22)20-23-14-16-11-9-8-10-12-16/h8-12,15,22H,6-7,13-14H2,1-5H3. The van der Waals surface area contributed by atoms with E-state index in [1.165, 1.54) is 0 Å². The van der Waals surface area contributed by atoms with Crippen LogP contribution in [0.1, 0.15) is 59.4 Å². The van der Waals surface area contributed by atoms with Gasteiger partial charge in [0.05, 0.1) is 11.3 Å². The minimum absolute atomic E-state index is 0.146. The highest BCUT2D eigenvalue weighted by molar-refractivity contribution is 5.89. The molecule has 1 aliphatic rings. The Bertz CT molecular complexity index is 546. The molecule has 0 bridgehead atoms. The smallest absolute Gasteiger partial charge is 0.142 e. The molecule has 3 atom stereocenters. The largest absolute Gasteiger partial charge is 0.391 e. The first-order valence-electron chi connectivity index (χ1n) is 8.59. The zero-order valence-electron chi connectivity index (χ0n) is 15.0. The third-order valence-corrected chi connectivity index (χ3v) is 5.72. The molecule has 0 radical (unpaired) electrons. The van der Waals surface area contributed by atoms with Gasteiger partial charge in [0.2, 0.25) is 0 Å². The van der Waals surface area contributed by atoms with Crippen LogP contribution in [0, 0.1) is 5.92 Å². The van der Waals surface area contributed by atoms with Crippen molar-refractivity contribution < 1.29 is 10.0 Å². The minimum atomic E-state index is -0.321. The van der Waals surface area contributed by atoms with Crippen molar-refractivity contribution >= 4 is 5.71 Å². The molecule has 1 aliphatic heterocycles. The fourth-order valence-electron chi connectivity index (χ4n) is 3.38. The molecule has 1 aromatic carbocycles. The number of oxime groups is 1. The molecule has 0 aliphatic carbocycles. The van der Waals surface area contributed by atoms with Crippen molar-refractivity contribution in [2.45, 2.75) is 71.6 Å². The Morgan fingerprint density at radius 3 is 2.43 bits per heavy atom. The van der Waals surface area contributed by atoms with E-state index < -0.39 is 0 Å². The van der Waals surface area contributed by atoms with E-state index in [0.29, 0.717) is 6.61 Å². The van der Waals surface area contributed by atoms with Gasteiger partial charge in [-0.05, 0) is 32.3 Å². The van der Waals surface area contributed by atoms with Crippen LogP contribution in [0.4, 0.5) is 0 Å². The second-order valence-electron chi connectivity index (χ2n) is 7.11. The number of benzene rings is 1. The monoisotopic (exact) mass is 318 g/mol. The molecule has 1 aromatic rings. The third-order valence-electron chi connectivity index (χ3n) is 5.72. The van der Waals surface area contributed by atoms with Gasteiger partial charge in [0.25, 0.3) is 0 Å². The quantitative estimate of drug-likeness (QED) is 0.805. The molecule has 1 heterocycles. The molecule has 23 heavy (non-hydrogen) atoms. The number of hydroxylamine groups is 2. The summed E-state index contributed by atoms with van der Waals surface area (Å²) in [7, 11) is 0. The lowest BCUT2D eigenvalue weighted by atomic mass is 9.70. The number of rotatable bonds is 5. The Morgan fingerprint density at radius 1 is 1.22 bits per heavy atom. The van der Waals surface area contributed by atoms with Gasteiger partial charge in [-0.1, -0.05) is 56.3 Å². The molecule has 0 amide bonds. The minimum Gasteiger partial charge on any atom is -0.391 e. The van der Waals surface area contributed by atoms with Gasteiger partial charge < -0.3 is 10.0 Å². The summed E-state index contributed by atoms with van der Waals surface area (Å²) in [4.78, 5) is 5.63. The predicted molar refractivity (Wildman–Crippen MR) is 93.5 cm³/mol. The van der Waals surface area contributed by atoms with Gasteiger partial charge >= 0.3 is 0 Å². The topological polar surface area (TPSA) is 45.1 Å². The first-order chi connectivity index (χ1) is 10.9. The molecule has 1 N–H and O–H groups in total. The molecule has 4 nitrogen and oxygen atoms in total. The molecular weight excluding hydrogens is 288 g/mol. The summed E-state index contributed by atoms with van der Waals surface area (Å²) in [5.41, 5.74) is 1.53. The van der Waals surface area contributed by atoms with Gasteiger partial charge in [0.15, 0.2) is 0 Å². The summed E-state index contributed by atoms with van der Waals surface area (Å²) in [6.07, 6.45) is 2.45. The highest BCUT2D eigenvalue weighted by Gasteiger charge is 2.51. The van der Waals surface area contributed by atoms with E-state index in [4.69, 9.17) is 4.84 Å². The summed E-state index contributed by atoms with van der Waals surface area (Å²) < 4.78 is 0. The highest BCUT2D eigenvalue weighted by Crippen LogP contribution is 2.42. The number of piperidine rings is 1. The van der Waals surface area contributed by atoms with Crippen LogP contribution in [0.25, 0.3) is 0 Å². The van der Waals surface area contributed by atoms with Crippen molar-refractivity contribution in [2.75, 3.05) is 0 Å². The van der Waals surface area contributed by atoms with Gasteiger partial charge in [-0.15, -0.1) is 0 Å². The van der Waals surface area contributed by atoms with Gasteiger partial charge in [0, 0.05) is 17.9 Å². The van der Waals surface area contributed by atoms with Crippen molar-refractivity contribution in [1.82, 2.24) is 5.06 Å². The average molecular weight is 318 g/mol. The summed E-state index contributed by atoms with van der Waals surface area (Å²) in [6, 6.07) is 10.1. The fraction of sp³-hybridized carbons (Fsp3) is 0.632. The Hall–Kier alpha value is -1.39. The van der Waals surface area contributed by atoms with E-state index in [2.05, 4.69) is 39.8 Å². The van der Waals surface area contributed by atoms with E-state index in [0.717, 1.165) is 30.5 Å². The Kier molecular flexibility index (Phi) is 5.48. The maximum absolute atomic E-state index is 10.8. The van der Waals surface area contributed by atoms with Gasteiger partial charge in [0.1, 0.15) is 6.61 Å². The van der Waals surface area contributed by atoms with Crippen molar-refractivity contribution in [3.63, 3.8) is 0 Å². The summed E-state index contributed by atoms with van der Waals surface area (Å²) in [5, 5.41) is 16.8. The van der Waals surface area contributed by atoms with Crippen molar-refractivity contribution in [3.8, 4) is 0 Å². The first kappa shape index (κ1) is 18.0. The van der Waals surface area contributed by atoms with Crippen LogP contribution in [0.3, 0.4) is 0 Å². The van der Waals surface area contributed by atoms with Gasteiger partial charge in [-0.2, -0.15) is 5.06 Å². The van der Waals surface area contributed by atoms with E-state index in [1.807, 2.05) is 30.3 Å². The van der Waals surface area contributed by atoms with Crippen LogP contribution in [0.5, 0.6) is 0 Å². The predicted octanol–water partition coefficient (Wildman–Crippen LogP) is 4.63. The number of hydrogen-bond donors (Lipinski definition) is 1. The zero-order valence-corrected chi connectivity index (χ0v) is 15.0. The molecule has 0 saturated carbocycles. The second-order valence-corrected chi connectivity index (χ2v) is 7.11. The van der Waals surface area contributed by atoms with Gasteiger partial charge in [-0.3, -0.25) is 0 Å². The lowest BCUT2D eigenvalue weighted by molar-refractivity contribution is -0.249. The lowest BCUT2D eigenvalue weighted by Crippen LogP contribution is -2.65. The number of hydrogen-bond acceptors (Lipinski definition) is 4. The Labute approximate surface area is 140 Å². The molecule has 0 spiro atoms. The molecule has 3 unspecified atom stereocenters. The van der Waals surface area contributed by atoms with Gasteiger partial charge in [-0.25, -0.2) is 0 Å². The summed E-state index contributed by atoms with van der Waals surface area (Å²) in [6.45, 7) is 11.0. The van der Waals surface area contributed by atoms with Crippen LogP contribution >= 0.6 is 0 Å². The van der Waals surface area contributed by atoms with E-state index in [1.54, 1.807) is 5.06 Å². The Morgan fingerprint density at radius 2 is 1.87 bits per heavy atom. The normalized spacial score (nSPS) is 33.8. The van der Waals surface area contributed by atoms with Crippen LogP contribution < -0.4 is 0 Å². The highest BCUT2D eigenvalue weighted by atomic mass is 16.6. The third kappa shape index (κ3) is 3.43. The van der Waals surface area contributed by atoms with E-state index in [-0.39, 0.29) is 17.0 Å². The van der Waals surface area contributed by atoms with Crippen molar-refractivity contribution in [2.24, 2.45) is 11.1 Å². The molecule has 4 heteroatoms. The number of nitrogens with zero attached hydrogens (tertiary/aromatic N) is 2. The van der Waals surface area contributed by atoms with Crippen LogP contribution in [-0.2, 0) is 11.4 Å². The van der Waals surface area contributed by atoms with Crippen LogP contribution in [-0.4, -0.2) is 27.1 Å². The molecule has 128 valence electrons. The van der Waals surface area contributed by atoms with E-state index >= 15 is 0 Å². The second kappa shape index (κ2) is 7.02. The van der Waals surface area contributed by atoms with E-state index in [9.17, 15) is 5.21 Å². The van der Waals surface area contributed by atoms with Crippen molar-refractivity contribution in [1.29, 1.82) is 0 Å². The average Bonchev–Trinajstić information content (AvgIpc) is 2.58. The lowest BCUT2D eigenvalue weighted by Gasteiger charge is -2.54. The SMILES string of the molecule is CCC1(C)CC(=NOCc2ccccc2)C(C)C(C)(CC)N1O.